The Kier molecular flexibility index (Phi) is 7.42. The summed E-state index contributed by atoms with van der Waals surface area (Å²) >= 11 is 0. The Labute approximate surface area is 190 Å². The van der Waals surface area contributed by atoms with Crippen LogP contribution in [0.25, 0.3) is 0 Å². The molecule has 1 N–H and O–H groups in total. The van der Waals surface area contributed by atoms with Crippen LogP contribution in [0.3, 0.4) is 0 Å². The average Bonchev–Trinajstić information content (AvgIpc) is 3.54. The lowest BCUT2D eigenvalue weighted by atomic mass is 10.1. The summed E-state index contributed by atoms with van der Waals surface area (Å²) < 4.78 is 1.93. The van der Waals surface area contributed by atoms with Crippen LogP contribution in [0.2, 0.25) is 0 Å². The number of aliphatic imine (C=N–C) groups is 1. The topological polar surface area (TPSA) is 69.0 Å². The maximum Gasteiger partial charge on any atom is 0.239 e. The normalized spacial score (nSPS) is 18.8. The predicted octanol–water partition coefficient (Wildman–Crippen LogP) is 1.64. The SMILES string of the molecule is CN=C(NCc1cccc(Cn2cccn2)c1)N1CCN(C(C)C(=O)N2CCCC2)CC1. The molecule has 1 unspecified atom stereocenters. The van der Waals surface area contributed by atoms with Gasteiger partial charge in [-0.15, -0.1) is 0 Å². The van der Waals surface area contributed by atoms with Crippen molar-refractivity contribution in [1.82, 2.24) is 29.8 Å². The number of guanidine groups is 1. The molecule has 1 atom stereocenters. The Morgan fingerprint density at radius 3 is 2.50 bits per heavy atom. The molecule has 172 valence electrons. The Morgan fingerprint density at radius 1 is 1.06 bits per heavy atom. The molecule has 8 nitrogen and oxygen atoms in total. The second-order valence-electron chi connectivity index (χ2n) is 8.66. The van der Waals surface area contributed by atoms with Crippen molar-refractivity contribution in [2.75, 3.05) is 46.3 Å². The first-order valence-electron chi connectivity index (χ1n) is 11.7. The molecular formula is C24H35N7O. The zero-order valence-electron chi connectivity index (χ0n) is 19.3. The Balaban J connectivity index is 1.26. The fourth-order valence-electron chi connectivity index (χ4n) is 4.61. The minimum absolute atomic E-state index is 0.0391. The van der Waals surface area contributed by atoms with Crippen LogP contribution < -0.4 is 5.32 Å². The monoisotopic (exact) mass is 437 g/mol. The number of nitrogens with zero attached hydrogens (tertiary/aromatic N) is 6. The van der Waals surface area contributed by atoms with Gasteiger partial charge in [0.25, 0.3) is 0 Å². The molecule has 1 aromatic heterocycles. The quantitative estimate of drug-likeness (QED) is 0.550. The Morgan fingerprint density at radius 2 is 1.81 bits per heavy atom. The van der Waals surface area contributed by atoms with Crippen molar-refractivity contribution in [2.45, 2.75) is 38.9 Å². The van der Waals surface area contributed by atoms with E-state index in [1.165, 1.54) is 11.1 Å². The van der Waals surface area contributed by atoms with Crippen molar-refractivity contribution in [3.8, 4) is 0 Å². The molecule has 1 aromatic carbocycles. The molecule has 3 heterocycles. The molecule has 2 saturated heterocycles. The maximum atomic E-state index is 12.7. The maximum absolute atomic E-state index is 12.7. The number of amides is 1. The minimum Gasteiger partial charge on any atom is -0.352 e. The van der Waals surface area contributed by atoms with Crippen LogP contribution in [-0.2, 0) is 17.9 Å². The van der Waals surface area contributed by atoms with Gasteiger partial charge in [0.1, 0.15) is 0 Å². The van der Waals surface area contributed by atoms with Crippen molar-refractivity contribution in [2.24, 2.45) is 4.99 Å². The second kappa shape index (κ2) is 10.6. The lowest BCUT2D eigenvalue weighted by Gasteiger charge is -2.39. The Bertz CT molecular complexity index is 897. The molecule has 2 aliphatic rings. The van der Waals surface area contributed by atoms with Gasteiger partial charge >= 0.3 is 0 Å². The number of carbonyl (C=O) groups is 1. The van der Waals surface area contributed by atoms with E-state index in [9.17, 15) is 4.79 Å². The number of aromatic nitrogens is 2. The summed E-state index contributed by atoms with van der Waals surface area (Å²) in [6, 6.07) is 10.5. The smallest absolute Gasteiger partial charge is 0.239 e. The third-order valence-electron chi connectivity index (χ3n) is 6.49. The predicted molar refractivity (Wildman–Crippen MR) is 126 cm³/mol. The number of rotatable bonds is 6. The van der Waals surface area contributed by atoms with E-state index in [0.717, 1.165) is 71.2 Å². The summed E-state index contributed by atoms with van der Waals surface area (Å²) in [6.07, 6.45) is 6.06. The second-order valence-corrected chi connectivity index (χ2v) is 8.66. The van der Waals surface area contributed by atoms with Crippen LogP contribution >= 0.6 is 0 Å². The van der Waals surface area contributed by atoms with Gasteiger partial charge in [0, 0.05) is 65.3 Å². The van der Waals surface area contributed by atoms with Gasteiger partial charge in [-0.1, -0.05) is 24.3 Å². The Hall–Kier alpha value is -2.87. The van der Waals surface area contributed by atoms with E-state index in [1.807, 2.05) is 28.9 Å². The van der Waals surface area contributed by atoms with Gasteiger partial charge in [-0.05, 0) is 37.0 Å². The van der Waals surface area contributed by atoms with Crippen LogP contribution in [0.1, 0.15) is 30.9 Å². The first kappa shape index (κ1) is 22.3. The van der Waals surface area contributed by atoms with E-state index in [0.29, 0.717) is 0 Å². The highest BCUT2D eigenvalue weighted by Gasteiger charge is 2.30. The molecule has 4 rings (SSSR count). The molecule has 1 amide bonds. The fourth-order valence-corrected chi connectivity index (χ4v) is 4.61. The first-order valence-corrected chi connectivity index (χ1v) is 11.7. The van der Waals surface area contributed by atoms with E-state index < -0.39 is 0 Å². The molecule has 0 saturated carbocycles. The number of hydrogen-bond acceptors (Lipinski definition) is 4. The summed E-state index contributed by atoms with van der Waals surface area (Å²) in [5.74, 6) is 1.20. The van der Waals surface area contributed by atoms with Crippen LogP contribution in [0, 0.1) is 0 Å². The highest BCUT2D eigenvalue weighted by Crippen LogP contribution is 2.14. The van der Waals surface area contributed by atoms with Crippen molar-refractivity contribution < 1.29 is 4.79 Å². The number of piperazine rings is 1. The zero-order chi connectivity index (χ0) is 22.3. The van der Waals surface area contributed by atoms with Gasteiger partial charge in [-0.2, -0.15) is 5.10 Å². The molecule has 0 aliphatic carbocycles. The fraction of sp³-hybridized carbons (Fsp3) is 0.542. The van der Waals surface area contributed by atoms with E-state index in [4.69, 9.17) is 0 Å². The highest BCUT2D eigenvalue weighted by atomic mass is 16.2. The number of benzene rings is 1. The lowest BCUT2D eigenvalue weighted by Crippen LogP contribution is -2.57. The van der Waals surface area contributed by atoms with Crippen molar-refractivity contribution in [1.29, 1.82) is 0 Å². The lowest BCUT2D eigenvalue weighted by molar-refractivity contribution is -0.135. The van der Waals surface area contributed by atoms with Gasteiger partial charge in [0.2, 0.25) is 5.91 Å². The number of carbonyl (C=O) groups excluding carboxylic acids is 1. The number of nitrogens with one attached hydrogen (secondary N) is 1. The van der Waals surface area contributed by atoms with Gasteiger partial charge < -0.3 is 15.1 Å². The van der Waals surface area contributed by atoms with Crippen molar-refractivity contribution in [3.05, 3.63) is 53.9 Å². The van der Waals surface area contributed by atoms with Gasteiger partial charge in [0.15, 0.2) is 5.96 Å². The van der Waals surface area contributed by atoms with Gasteiger partial charge in [-0.25, -0.2) is 0 Å². The van der Waals surface area contributed by atoms with Crippen LogP contribution in [0.4, 0.5) is 0 Å². The summed E-state index contributed by atoms with van der Waals surface area (Å²) in [5, 5.41) is 7.80. The zero-order valence-corrected chi connectivity index (χ0v) is 19.3. The van der Waals surface area contributed by atoms with E-state index in [-0.39, 0.29) is 11.9 Å². The van der Waals surface area contributed by atoms with Crippen LogP contribution in [0.5, 0.6) is 0 Å². The summed E-state index contributed by atoms with van der Waals surface area (Å²) in [7, 11) is 1.84. The largest absolute Gasteiger partial charge is 0.352 e. The summed E-state index contributed by atoms with van der Waals surface area (Å²) in [6.45, 7) is 8.88. The number of hydrogen-bond donors (Lipinski definition) is 1. The molecule has 8 heteroatoms. The molecule has 32 heavy (non-hydrogen) atoms. The molecule has 2 aromatic rings. The molecule has 0 spiro atoms. The van der Waals surface area contributed by atoms with E-state index in [2.05, 4.69) is 56.4 Å². The molecule has 0 radical (unpaired) electrons. The van der Waals surface area contributed by atoms with E-state index >= 15 is 0 Å². The van der Waals surface area contributed by atoms with Gasteiger partial charge in [-0.3, -0.25) is 19.4 Å². The average molecular weight is 438 g/mol. The van der Waals surface area contributed by atoms with Crippen molar-refractivity contribution >= 4 is 11.9 Å². The van der Waals surface area contributed by atoms with Gasteiger partial charge in [0.05, 0.1) is 12.6 Å². The summed E-state index contributed by atoms with van der Waals surface area (Å²) in [5.41, 5.74) is 2.45. The molecule has 2 aliphatic heterocycles. The minimum atomic E-state index is -0.0391. The van der Waals surface area contributed by atoms with Crippen molar-refractivity contribution in [3.63, 3.8) is 0 Å². The third-order valence-corrected chi connectivity index (χ3v) is 6.49. The third kappa shape index (κ3) is 5.48. The van der Waals surface area contributed by atoms with Crippen LogP contribution in [-0.4, -0.2) is 88.7 Å². The summed E-state index contributed by atoms with van der Waals surface area (Å²) in [4.78, 5) is 23.9. The number of likely N-dealkylation sites (tertiary alicyclic amines) is 1. The molecule has 0 bridgehead atoms. The molecular weight excluding hydrogens is 402 g/mol. The molecule has 2 fully saturated rings. The highest BCUT2D eigenvalue weighted by molar-refractivity contribution is 5.82. The van der Waals surface area contributed by atoms with E-state index in [1.54, 1.807) is 6.20 Å². The first-order chi connectivity index (χ1) is 15.6. The standard InChI is InChI=1S/C24H35N7O/c1-20(23(32)29-10-3-4-11-29)28-13-15-30(16-14-28)24(25-2)26-18-21-7-5-8-22(17-21)19-31-12-6-9-27-31/h5-9,12,17,20H,3-4,10-11,13-16,18-19H2,1-2H3,(H,25,26). The van der Waals surface area contributed by atoms with Crippen LogP contribution in [0.15, 0.2) is 47.7 Å².